The molecule has 0 aliphatic carbocycles. The number of nitrogens with two attached hydrogens (primary N) is 1. The smallest absolute Gasteiger partial charge is 0.351 e. The first kappa shape index (κ1) is 21.3. The molecule has 1 fully saturated rings. The Labute approximate surface area is 157 Å². The van der Waals surface area contributed by atoms with E-state index in [4.69, 9.17) is 26.5 Å². The molecule has 10 heteroatoms. The lowest BCUT2D eigenvalue weighted by Crippen LogP contribution is -2.47. The molecule has 1 aliphatic rings. The molecule has 0 amide bonds. The zero-order chi connectivity index (χ0) is 20.0. The van der Waals surface area contributed by atoms with Gasteiger partial charge in [-0.1, -0.05) is 20.8 Å². The molecule has 1 aromatic rings. The van der Waals surface area contributed by atoms with E-state index in [9.17, 15) is 13.6 Å². The lowest BCUT2D eigenvalue weighted by atomic mass is 10.0. The second-order valence-electron chi connectivity index (χ2n) is 8.32. The van der Waals surface area contributed by atoms with Crippen LogP contribution in [-0.2, 0) is 9.16 Å². The van der Waals surface area contributed by atoms with Gasteiger partial charge in [0.05, 0.1) is 12.5 Å². The van der Waals surface area contributed by atoms with Gasteiger partial charge in [0.1, 0.15) is 11.4 Å². The van der Waals surface area contributed by atoms with E-state index in [1.165, 1.54) is 6.07 Å². The maximum Gasteiger partial charge on any atom is 0.351 e. The summed E-state index contributed by atoms with van der Waals surface area (Å²) in [4.78, 5) is 15.5. The van der Waals surface area contributed by atoms with Crippen LogP contribution in [-0.4, -0.2) is 41.9 Å². The molecule has 0 radical (unpaired) electrons. The molecule has 0 spiro atoms. The first-order chi connectivity index (χ1) is 11.7. The van der Waals surface area contributed by atoms with Crippen molar-refractivity contribution in [2.75, 3.05) is 18.2 Å². The van der Waals surface area contributed by atoms with Gasteiger partial charge in [0, 0.05) is 12.6 Å². The largest absolute Gasteiger partial charge is 0.414 e. The Hall–Kier alpha value is -1.03. The number of ether oxygens (including phenoxy) is 1. The van der Waals surface area contributed by atoms with Crippen molar-refractivity contribution in [2.24, 2.45) is 0 Å². The Balaban J connectivity index is 2.28. The summed E-state index contributed by atoms with van der Waals surface area (Å²) in [6.07, 6.45) is -1.29. The average molecular weight is 410 g/mol. The highest BCUT2D eigenvalue weighted by molar-refractivity contribution is 6.74. The Morgan fingerprint density at radius 1 is 1.50 bits per heavy atom. The molecule has 1 aromatic heterocycles. The summed E-state index contributed by atoms with van der Waals surface area (Å²) in [7, 11) is -2.18. The summed E-state index contributed by atoms with van der Waals surface area (Å²) < 4.78 is 41.8. The average Bonchev–Trinajstić information content (AvgIpc) is 2.76. The summed E-state index contributed by atoms with van der Waals surface area (Å²) in [5.41, 5.74) is 3.14. The third-order valence-electron chi connectivity index (χ3n) is 5.13. The molecule has 2 rings (SSSR count). The topological polar surface area (TPSA) is 79.4 Å². The van der Waals surface area contributed by atoms with E-state index < -0.39 is 38.2 Å². The lowest BCUT2D eigenvalue weighted by molar-refractivity contribution is -0.137. The molecule has 1 saturated heterocycles. The molecule has 0 bridgehead atoms. The molecule has 2 N–H and O–H groups in total. The Morgan fingerprint density at radius 2 is 2.12 bits per heavy atom. The Morgan fingerprint density at radius 3 is 2.62 bits per heavy atom. The second-order valence-corrected chi connectivity index (χ2v) is 13.4. The fourth-order valence-corrected chi connectivity index (χ4v) is 3.77. The van der Waals surface area contributed by atoms with Gasteiger partial charge in [-0.15, -0.1) is 11.6 Å². The van der Waals surface area contributed by atoms with Crippen molar-refractivity contribution < 1.29 is 17.9 Å². The van der Waals surface area contributed by atoms with Gasteiger partial charge in [-0.25, -0.2) is 13.6 Å². The third-order valence-corrected chi connectivity index (χ3v) is 10.1. The van der Waals surface area contributed by atoms with Crippen LogP contribution in [0.25, 0.3) is 0 Å². The lowest BCUT2D eigenvalue weighted by Gasteiger charge is -2.39. The molecule has 6 nitrogen and oxygen atoms in total. The molecule has 148 valence electrons. The van der Waals surface area contributed by atoms with Crippen LogP contribution in [0.2, 0.25) is 18.1 Å². The first-order valence-electron chi connectivity index (χ1n) is 8.33. The number of hydrogen-bond donors (Lipinski definition) is 1. The van der Waals surface area contributed by atoms with Crippen LogP contribution in [0.15, 0.2) is 17.1 Å². The van der Waals surface area contributed by atoms with Crippen LogP contribution in [0, 0.1) is 0 Å². The molecule has 1 aliphatic heterocycles. The van der Waals surface area contributed by atoms with Crippen molar-refractivity contribution in [3.8, 4) is 0 Å². The van der Waals surface area contributed by atoms with E-state index in [1.807, 2.05) is 13.1 Å². The highest BCUT2D eigenvalue weighted by Crippen LogP contribution is 2.49. The molecular weight excluding hydrogens is 384 g/mol. The van der Waals surface area contributed by atoms with E-state index in [-0.39, 0.29) is 23.3 Å². The highest BCUT2D eigenvalue weighted by atomic mass is 35.5. The number of alkyl halides is 3. The van der Waals surface area contributed by atoms with Gasteiger partial charge in [-0.3, -0.25) is 4.57 Å². The van der Waals surface area contributed by atoms with E-state index in [0.717, 1.165) is 10.8 Å². The van der Waals surface area contributed by atoms with Crippen molar-refractivity contribution in [3.63, 3.8) is 0 Å². The number of nitrogens with zero attached hydrogens (tertiary/aromatic N) is 2. The van der Waals surface area contributed by atoms with Gasteiger partial charge in [-0.05, 0) is 24.2 Å². The van der Waals surface area contributed by atoms with E-state index in [2.05, 4.69) is 25.8 Å². The van der Waals surface area contributed by atoms with Crippen LogP contribution < -0.4 is 11.4 Å². The van der Waals surface area contributed by atoms with Crippen molar-refractivity contribution in [1.29, 1.82) is 0 Å². The minimum Gasteiger partial charge on any atom is -0.414 e. The van der Waals surface area contributed by atoms with E-state index in [1.54, 1.807) is 0 Å². The minimum atomic E-state index is -3.30. The summed E-state index contributed by atoms with van der Waals surface area (Å²) in [6.45, 7) is 10.1. The predicted molar refractivity (Wildman–Crippen MR) is 99.2 cm³/mol. The quantitative estimate of drug-likeness (QED) is 0.595. The summed E-state index contributed by atoms with van der Waals surface area (Å²) in [5.74, 6) is -3.52. The zero-order valence-electron chi connectivity index (χ0n) is 15.7. The fraction of sp³-hybridized carbons (Fsp3) is 0.750. The van der Waals surface area contributed by atoms with Crippen molar-refractivity contribution in [1.82, 2.24) is 9.55 Å². The number of aromatic nitrogens is 2. The molecular formula is C16H26ClF2N3O3Si. The van der Waals surface area contributed by atoms with Crippen LogP contribution in [0.1, 0.15) is 33.4 Å². The zero-order valence-corrected chi connectivity index (χ0v) is 17.4. The fourth-order valence-electron chi connectivity index (χ4n) is 2.48. The van der Waals surface area contributed by atoms with Crippen molar-refractivity contribution in [3.05, 3.63) is 22.7 Å². The van der Waals surface area contributed by atoms with Gasteiger partial charge in [-0.2, -0.15) is 4.98 Å². The van der Waals surface area contributed by atoms with Gasteiger partial charge in [0.15, 0.2) is 8.32 Å². The maximum absolute atomic E-state index is 14.7. The van der Waals surface area contributed by atoms with Crippen LogP contribution in [0.3, 0.4) is 0 Å². The number of anilines is 1. The summed E-state index contributed by atoms with van der Waals surface area (Å²) >= 11 is 6.01. The maximum atomic E-state index is 14.7. The van der Waals surface area contributed by atoms with Crippen LogP contribution in [0.5, 0.6) is 0 Å². The van der Waals surface area contributed by atoms with Gasteiger partial charge in [0.25, 0.3) is 5.92 Å². The van der Waals surface area contributed by atoms with Crippen molar-refractivity contribution in [2.45, 2.75) is 63.1 Å². The molecule has 0 aromatic carbocycles. The second kappa shape index (κ2) is 6.85. The summed E-state index contributed by atoms with van der Waals surface area (Å²) in [5, 5.41) is -0.0845. The number of rotatable bonds is 5. The normalized spacial score (nSPS) is 26.2. The molecule has 0 saturated carbocycles. The Kier molecular flexibility index (Phi) is 5.60. The summed E-state index contributed by atoms with van der Waals surface area (Å²) in [6, 6.07) is 1.27. The standard InChI is InChI=1S/C16H26ClF2N3O3Si/c1-14(2,3)26(4,5)24-10-15(9-17)8-16(18,19)12(25-15)22-7-6-11(20)21-13(22)23/h6-7,12H,8-10H2,1-5H3,(H2,20,21,23)/t12-,15-/m1/s1. The molecule has 0 unspecified atom stereocenters. The minimum absolute atomic E-state index is 0.0440. The first-order valence-corrected chi connectivity index (χ1v) is 11.8. The predicted octanol–water partition coefficient (Wildman–Crippen LogP) is 3.38. The van der Waals surface area contributed by atoms with Crippen LogP contribution >= 0.6 is 11.6 Å². The number of nitrogen functional groups attached to an aromatic ring is 1. The molecule has 26 heavy (non-hydrogen) atoms. The third kappa shape index (κ3) is 4.10. The monoisotopic (exact) mass is 409 g/mol. The van der Waals surface area contributed by atoms with Crippen molar-refractivity contribution >= 4 is 25.7 Å². The van der Waals surface area contributed by atoms with E-state index >= 15 is 0 Å². The number of halogens is 3. The highest BCUT2D eigenvalue weighted by Gasteiger charge is 2.59. The molecule has 2 atom stereocenters. The van der Waals surface area contributed by atoms with Gasteiger partial charge < -0.3 is 14.9 Å². The molecule has 2 heterocycles. The number of hydrogen-bond acceptors (Lipinski definition) is 5. The van der Waals surface area contributed by atoms with Gasteiger partial charge in [0.2, 0.25) is 6.23 Å². The van der Waals surface area contributed by atoms with Gasteiger partial charge >= 0.3 is 5.69 Å². The van der Waals surface area contributed by atoms with E-state index in [0.29, 0.717) is 0 Å². The Bertz CT molecular complexity index is 723. The van der Waals surface area contributed by atoms with Crippen LogP contribution in [0.4, 0.5) is 14.6 Å². The SMILES string of the molecule is CC(C)(C)[Si](C)(C)OC[C@]1(CCl)CC(F)(F)[C@H](n2ccc(N)nc2=O)O1.